The number of ether oxygens (including phenoxy) is 2. The van der Waals surface area contributed by atoms with Crippen molar-refractivity contribution in [3.8, 4) is 11.5 Å². The number of aromatic amines is 1. The summed E-state index contributed by atoms with van der Waals surface area (Å²) in [7, 11) is 0. The Morgan fingerprint density at radius 3 is 3.00 bits per heavy atom. The zero-order chi connectivity index (χ0) is 20.5. The lowest BCUT2D eigenvalue weighted by molar-refractivity contribution is 0.242. The van der Waals surface area contributed by atoms with Gasteiger partial charge < -0.3 is 19.4 Å². The van der Waals surface area contributed by atoms with Gasteiger partial charge in [0.2, 0.25) is 0 Å². The molecule has 0 unspecified atom stereocenters. The first-order valence-corrected chi connectivity index (χ1v) is 10.4. The van der Waals surface area contributed by atoms with Gasteiger partial charge in [0.15, 0.2) is 11.5 Å². The zero-order valence-electron chi connectivity index (χ0n) is 17.2. The Labute approximate surface area is 175 Å². The highest BCUT2D eigenvalue weighted by Crippen LogP contribution is 2.32. The second-order valence-corrected chi connectivity index (χ2v) is 7.90. The summed E-state index contributed by atoms with van der Waals surface area (Å²) < 4.78 is 12.2. The number of hydrogen-bond acceptors (Lipinski definition) is 6. The number of nitrogens with one attached hydrogen (secondary N) is 1. The maximum atomic E-state index is 6.34. The van der Waals surface area contributed by atoms with E-state index in [0.29, 0.717) is 6.61 Å². The monoisotopic (exact) mass is 403 g/mol. The molecule has 0 aliphatic carbocycles. The largest absolute Gasteiger partial charge is 0.491 e. The van der Waals surface area contributed by atoms with E-state index in [4.69, 9.17) is 9.47 Å². The highest BCUT2D eigenvalue weighted by Gasteiger charge is 2.28. The van der Waals surface area contributed by atoms with Crippen molar-refractivity contribution in [1.29, 1.82) is 0 Å². The summed E-state index contributed by atoms with van der Waals surface area (Å²) in [6.45, 7) is 5.59. The van der Waals surface area contributed by atoms with Crippen LogP contribution < -0.4 is 14.4 Å². The summed E-state index contributed by atoms with van der Waals surface area (Å²) in [4.78, 5) is 18.5. The van der Waals surface area contributed by atoms with E-state index in [1.807, 2.05) is 32.0 Å². The van der Waals surface area contributed by atoms with E-state index >= 15 is 0 Å². The molecule has 30 heavy (non-hydrogen) atoms. The Balaban J connectivity index is 1.39. The van der Waals surface area contributed by atoms with E-state index in [1.54, 1.807) is 12.7 Å². The Kier molecular flexibility index (Phi) is 4.86. The highest BCUT2D eigenvalue weighted by atomic mass is 16.5. The van der Waals surface area contributed by atoms with Gasteiger partial charge in [0.25, 0.3) is 0 Å². The van der Waals surface area contributed by atoms with Crippen molar-refractivity contribution in [3.63, 3.8) is 0 Å². The van der Waals surface area contributed by atoms with Crippen LogP contribution in [0, 0.1) is 0 Å². The van der Waals surface area contributed by atoms with Crippen molar-refractivity contribution in [1.82, 2.24) is 19.9 Å². The quantitative estimate of drug-likeness (QED) is 0.516. The average molecular weight is 403 g/mol. The molecule has 1 atom stereocenters. The van der Waals surface area contributed by atoms with E-state index in [2.05, 4.69) is 43.0 Å². The first-order valence-electron chi connectivity index (χ1n) is 10.4. The summed E-state index contributed by atoms with van der Waals surface area (Å²) in [6.07, 6.45) is 5.55. The normalized spacial score (nSPS) is 16.6. The van der Waals surface area contributed by atoms with E-state index in [9.17, 15) is 0 Å². The van der Waals surface area contributed by atoms with Gasteiger partial charge in [-0.3, -0.25) is 0 Å². The Morgan fingerprint density at radius 1 is 1.17 bits per heavy atom. The van der Waals surface area contributed by atoms with Crippen LogP contribution in [0.25, 0.3) is 21.9 Å². The van der Waals surface area contributed by atoms with Gasteiger partial charge in [-0.25, -0.2) is 15.0 Å². The van der Waals surface area contributed by atoms with E-state index in [-0.39, 0.29) is 12.1 Å². The molecular weight excluding hydrogens is 378 g/mol. The lowest BCUT2D eigenvalue weighted by atomic mass is 10.1. The number of rotatable bonds is 6. The fraction of sp³-hybridized carbons (Fsp3) is 0.348. The predicted octanol–water partition coefficient (Wildman–Crippen LogP) is 4.34. The number of benzene rings is 2. The fourth-order valence-corrected chi connectivity index (χ4v) is 4.13. The van der Waals surface area contributed by atoms with Crippen LogP contribution in [0.4, 0.5) is 5.82 Å². The van der Waals surface area contributed by atoms with Crippen LogP contribution in [0.1, 0.15) is 26.7 Å². The molecule has 0 bridgehead atoms. The first-order chi connectivity index (χ1) is 14.7. The molecule has 0 spiro atoms. The maximum absolute atomic E-state index is 6.34. The lowest BCUT2D eigenvalue weighted by Gasteiger charge is -2.26. The minimum Gasteiger partial charge on any atom is -0.491 e. The SMILES string of the molecule is CC(C)Oc1ccc2cccc(OC[C@H]3CCCN3c3ncnc4[nH]cnc34)c2c1. The molecule has 1 aliphatic heterocycles. The molecule has 1 saturated heterocycles. The lowest BCUT2D eigenvalue weighted by Crippen LogP contribution is -2.35. The molecule has 7 nitrogen and oxygen atoms in total. The van der Waals surface area contributed by atoms with Crippen LogP contribution >= 0.6 is 0 Å². The van der Waals surface area contributed by atoms with Gasteiger partial charge in [-0.2, -0.15) is 0 Å². The molecule has 2 aromatic carbocycles. The van der Waals surface area contributed by atoms with Gasteiger partial charge in [0, 0.05) is 11.9 Å². The number of hydrogen-bond donors (Lipinski definition) is 1. The molecule has 4 aromatic rings. The predicted molar refractivity (Wildman–Crippen MR) is 117 cm³/mol. The third-order valence-corrected chi connectivity index (χ3v) is 5.46. The van der Waals surface area contributed by atoms with Crippen molar-refractivity contribution >= 4 is 27.8 Å². The Morgan fingerprint density at radius 2 is 2.10 bits per heavy atom. The van der Waals surface area contributed by atoms with Gasteiger partial charge in [0.05, 0.1) is 18.5 Å². The molecule has 1 fully saturated rings. The molecule has 0 amide bonds. The van der Waals surface area contributed by atoms with Crippen LogP contribution in [0.15, 0.2) is 49.1 Å². The van der Waals surface area contributed by atoms with E-state index in [0.717, 1.165) is 58.6 Å². The summed E-state index contributed by atoms with van der Waals surface area (Å²) >= 11 is 0. The molecule has 5 rings (SSSR count). The van der Waals surface area contributed by atoms with Gasteiger partial charge in [0.1, 0.15) is 29.9 Å². The van der Waals surface area contributed by atoms with Crippen molar-refractivity contribution in [3.05, 3.63) is 49.1 Å². The van der Waals surface area contributed by atoms with Crippen molar-refractivity contribution in [2.75, 3.05) is 18.1 Å². The second-order valence-electron chi connectivity index (χ2n) is 7.90. The van der Waals surface area contributed by atoms with Crippen LogP contribution in [-0.2, 0) is 0 Å². The number of nitrogens with zero attached hydrogens (tertiary/aromatic N) is 4. The third-order valence-electron chi connectivity index (χ3n) is 5.46. The average Bonchev–Trinajstić information content (AvgIpc) is 3.41. The first kappa shape index (κ1) is 18.7. The molecule has 1 aliphatic rings. The minimum atomic E-state index is 0.134. The van der Waals surface area contributed by atoms with Crippen molar-refractivity contribution in [2.45, 2.75) is 38.8 Å². The molecule has 0 saturated carbocycles. The molecule has 3 heterocycles. The van der Waals surface area contributed by atoms with E-state index in [1.165, 1.54) is 0 Å². The molecule has 7 heteroatoms. The fourth-order valence-electron chi connectivity index (χ4n) is 4.13. The summed E-state index contributed by atoms with van der Waals surface area (Å²) in [6, 6.07) is 12.5. The van der Waals surface area contributed by atoms with Gasteiger partial charge in [-0.15, -0.1) is 0 Å². The maximum Gasteiger partial charge on any atom is 0.162 e. The third kappa shape index (κ3) is 3.51. The summed E-state index contributed by atoms with van der Waals surface area (Å²) in [5, 5.41) is 2.21. The van der Waals surface area contributed by atoms with E-state index < -0.39 is 0 Å². The smallest absolute Gasteiger partial charge is 0.162 e. The number of H-pyrrole nitrogens is 1. The molecule has 1 N–H and O–H groups in total. The summed E-state index contributed by atoms with van der Waals surface area (Å²) in [5.41, 5.74) is 1.57. The van der Waals surface area contributed by atoms with Crippen molar-refractivity contribution in [2.24, 2.45) is 0 Å². The van der Waals surface area contributed by atoms with Crippen LogP contribution in [0.2, 0.25) is 0 Å². The van der Waals surface area contributed by atoms with Crippen molar-refractivity contribution < 1.29 is 9.47 Å². The number of anilines is 1. The molecule has 154 valence electrons. The molecular formula is C23H25N5O2. The van der Waals surface area contributed by atoms with Gasteiger partial charge >= 0.3 is 0 Å². The van der Waals surface area contributed by atoms with Crippen LogP contribution in [0.3, 0.4) is 0 Å². The highest BCUT2D eigenvalue weighted by molar-refractivity contribution is 5.89. The molecule has 2 aromatic heterocycles. The van der Waals surface area contributed by atoms with Crippen LogP contribution in [0.5, 0.6) is 11.5 Å². The Bertz CT molecular complexity index is 1170. The molecule has 0 radical (unpaired) electrons. The number of fused-ring (bicyclic) bond motifs is 2. The van der Waals surface area contributed by atoms with Gasteiger partial charge in [-0.1, -0.05) is 18.2 Å². The topological polar surface area (TPSA) is 76.2 Å². The number of imidazole rings is 1. The second kappa shape index (κ2) is 7.82. The number of aromatic nitrogens is 4. The zero-order valence-corrected chi connectivity index (χ0v) is 17.2. The summed E-state index contributed by atoms with van der Waals surface area (Å²) in [5.74, 6) is 2.61. The Hall–Kier alpha value is -3.35. The minimum absolute atomic E-state index is 0.134. The van der Waals surface area contributed by atoms with Gasteiger partial charge in [-0.05, 0) is 50.3 Å². The standard InChI is InChI=1S/C23H25N5O2/c1-15(2)30-18-9-8-16-5-3-7-20(19(16)11-18)29-12-17-6-4-10-28(17)23-21-22(25-13-24-21)26-14-27-23/h3,5,7-9,11,13-15,17H,4,6,10,12H2,1-2H3,(H,24,25,26,27)/t17-/m1/s1. The van der Waals surface area contributed by atoms with Crippen LogP contribution in [-0.4, -0.2) is 45.2 Å².